The molecule has 0 spiro atoms. The Morgan fingerprint density at radius 2 is 1.82 bits per heavy atom. The molecule has 0 bridgehead atoms. The molecule has 1 aliphatic rings. The highest BCUT2D eigenvalue weighted by atomic mass is 19.4. The lowest BCUT2D eigenvalue weighted by Crippen LogP contribution is -2.47. The number of benzene rings is 2. The van der Waals surface area contributed by atoms with E-state index in [0.717, 1.165) is 10.5 Å². The number of carbonyl (C=O) groups excluding carboxylic acids is 1. The molecule has 0 radical (unpaired) electrons. The standard InChI is InChI=1S/C23H22F3N3O4/c1-32-19-12-18-17(21(30)29(14-27-18)13-15-5-3-2-4-6-15)11-20(19)33-16-7-9-28(10-8-16)22(31)23(24,25)26/h2-6,11-12,14,16H,7-10,13H2,1H3. The number of amides is 1. The van der Waals surface area contributed by atoms with Crippen LogP contribution < -0.4 is 15.0 Å². The average Bonchev–Trinajstić information content (AvgIpc) is 2.81. The van der Waals surface area contributed by atoms with Crippen LogP contribution in [0.25, 0.3) is 10.9 Å². The monoisotopic (exact) mass is 461 g/mol. The number of carbonyl (C=O) groups is 1. The van der Waals surface area contributed by atoms with Crippen molar-refractivity contribution in [3.8, 4) is 11.5 Å². The number of nitrogens with zero attached hydrogens (tertiary/aromatic N) is 3. The van der Waals surface area contributed by atoms with Gasteiger partial charge in [-0.15, -0.1) is 0 Å². The number of ether oxygens (including phenoxy) is 2. The zero-order valence-corrected chi connectivity index (χ0v) is 17.8. The van der Waals surface area contributed by atoms with E-state index < -0.39 is 18.2 Å². The summed E-state index contributed by atoms with van der Waals surface area (Å²) >= 11 is 0. The highest BCUT2D eigenvalue weighted by Gasteiger charge is 2.43. The van der Waals surface area contributed by atoms with Gasteiger partial charge in [0.2, 0.25) is 0 Å². The molecule has 1 saturated heterocycles. The van der Waals surface area contributed by atoms with Gasteiger partial charge in [-0.05, 0) is 11.6 Å². The quantitative estimate of drug-likeness (QED) is 0.583. The van der Waals surface area contributed by atoms with Gasteiger partial charge in [0.1, 0.15) is 6.10 Å². The van der Waals surface area contributed by atoms with Crippen molar-refractivity contribution < 1.29 is 27.4 Å². The van der Waals surface area contributed by atoms with Gasteiger partial charge in [-0.25, -0.2) is 4.98 Å². The number of piperidine rings is 1. The normalized spacial score (nSPS) is 15.0. The van der Waals surface area contributed by atoms with E-state index in [1.165, 1.54) is 18.0 Å². The maximum Gasteiger partial charge on any atom is 0.471 e. The molecule has 33 heavy (non-hydrogen) atoms. The summed E-state index contributed by atoms with van der Waals surface area (Å²) in [6.45, 7) is 0.227. The van der Waals surface area contributed by atoms with Gasteiger partial charge in [0, 0.05) is 32.0 Å². The third-order valence-corrected chi connectivity index (χ3v) is 5.57. The number of fused-ring (bicyclic) bond motifs is 1. The summed E-state index contributed by atoms with van der Waals surface area (Å²) in [4.78, 5) is 29.6. The van der Waals surface area contributed by atoms with Crippen LogP contribution in [-0.4, -0.2) is 52.8 Å². The molecule has 1 amide bonds. The van der Waals surface area contributed by atoms with E-state index in [-0.39, 0.29) is 31.5 Å². The number of rotatable bonds is 5. The molecule has 7 nitrogen and oxygen atoms in total. The zero-order valence-electron chi connectivity index (χ0n) is 17.8. The number of alkyl halides is 3. The third kappa shape index (κ3) is 4.94. The molecular weight excluding hydrogens is 439 g/mol. The van der Waals surface area contributed by atoms with Gasteiger partial charge in [0.15, 0.2) is 11.5 Å². The van der Waals surface area contributed by atoms with Crippen molar-refractivity contribution in [2.75, 3.05) is 20.2 Å². The fourth-order valence-electron chi connectivity index (χ4n) is 3.85. The number of likely N-dealkylation sites (tertiary alicyclic amines) is 1. The Hall–Kier alpha value is -3.56. The van der Waals surface area contributed by atoms with Gasteiger partial charge in [0.25, 0.3) is 5.56 Å². The van der Waals surface area contributed by atoms with Gasteiger partial charge >= 0.3 is 12.1 Å². The first-order chi connectivity index (χ1) is 15.8. The predicted octanol–water partition coefficient (Wildman–Crippen LogP) is 3.39. The Labute approximate surface area is 187 Å². The zero-order chi connectivity index (χ0) is 23.6. The van der Waals surface area contributed by atoms with E-state index >= 15 is 0 Å². The summed E-state index contributed by atoms with van der Waals surface area (Å²) in [5.41, 5.74) is 1.15. The van der Waals surface area contributed by atoms with Crippen LogP contribution in [0, 0.1) is 0 Å². The maximum absolute atomic E-state index is 13.1. The van der Waals surface area contributed by atoms with Gasteiger partial charge in [-0.3, -0.25) is 14.2 Å². The number of hydrogen-bond acceptors (Lipinski definition) is 5. The third-order valence-electron chi connectivity index (χ3n) is 5.57. The Balaban J connectivity index is 1.55. The number of hydrogen-bond donors (Lipinski definition) is 0. The van der Waals surface area contributed by atoms with Crippen molar-refractivity contribution >= 4 is 16.8 Å². The molecule has 2 aromatic carbocycles. The van der Waals surface area contributed by atoms with Crippen molar-refractivity contribution in [3.05, 3.63) is 64.7 Å². The second-order valence-electron chi connectivity index (χ2n) is 7.79. The summed E-state index contributed by atoms with van der Waals surface area (Å²) in [5.74, 6) is -1.17. The first-order valence-corrected chi connectivity index (χ1v) is 10.4. The largest absolute Gasteiger partial charge is 0.493 e. The second-order valence-corrected chi connectivity index (χ2v) is 7.79. The van der Waals surface area contributed by atoms with Gasteiger partial charge in [0.05, 0.1) is 30.9 Å². The first-order valence-electron chi connectivity index (χ1n) is 10.4. The van der Waals surface area contributed by atoms with Crippen LogP contribution in [0.1, 0.15) is 18.4 Å². The van der Waals surface area contributed by atoms with E-state index in [4.69, 9.17) is 9.47 Å². The minimum absolute atomic E-state index is 0.0651. The summed E-state index contributed by atoms with van der Waals surface area (Å²) in [7, 11) is 1.45. The Morgan fingerprint density at radius 1 is 1.12 bits per heavy atom. The lowest BCUT2D eigenvalue weighted by Gasteiger charge is -2.32. The molecule has 0 atom stereocenters. The van der Waals surface area contributed by atoms with E-state index in [1.807, 2.05) is 30.3 Å². The molecular formula is C23H22F3N3O4. The molecule has 2 heterocycles. The van der Waals surface area contributed by atoms with E-state index in [9.17, 15) is 22.8 Å². The highest BCUT2D eigenvalue weighted by Crippen LogP contribution is 2.33. The van der Waals surface area contributed by atoms with E-state index in [2.05, 4.69) is 4.98 Å². The number of methoxy groups -OCH3 is 1. The van der Waals surface area contributed by atoms with Crippen LogP contribution in [0.4, 0.5) is 13.2 Å². The number of halogens is 3. The summed E-state index contributed by atoms with van der Waals surface area (Å²) in [6.07, 6.45) is -3.37. The number of aromatic nitrogens is 2. The molecule has 174 valence electrons. The summed E-state index contributed by atoms with van der Waals surface area (Å²) < 4.78 is 50.8. The molecule has 0 N–H and O–H groups in total. The molecule has 3 aromatic rings. The molecule has 1 fully saturated rings. The van der Waals surface area contributed by atoms with E-state index in [0.29, 0.717) is 28.9 Å². The lowest BCUT2D eigenvalue weighted by atomic mass is 10.1. The van der Waals surface area contributed by atoms with Crippen molar-refractivity contribution in [2.24, 2.45) is 0 Å². The van der Waals surface area contributed by atoms with Gasteiger partial charge in [-0.2, -0.15) is 13.2 Å². The maximum atomic E-state index is 13.1. The molecule has 1 aliphatic heterocycles. The Morgan fingerprint density at radius 3 is 2.45 bits per heavy atom. The second kappa shape index (κ2) is 9.13. The summed E-state index contributed by atoms with van der Waals surface area (Å²) in [5, 5.41) is 0.342. The smallest absolute Gasteiger partial charge is 0.471 e. The van der Waals surface area contributed by atoms with Crippen molar-refractivity contribution in [2.45, 2.75) is 31.7 Å². The summed E-state index contributed by atoms with van der Waals surface area (Å²) in [6, 6.07) is 12.6. The Kier molecular flexibility index (Phi) is 6.26. The van der Waals surface area contributed by atoms with Crippen molar-refractivity contribution in [1.29, 1.82) is 0 Å². The first kappa shape index (κ1) is 22.6. The van der Waals surface area contributed by atoms with Crippen LogP contribution in [0.15, 0.2) is 53.6 Å². The lowest BCUT2D eigenvalue weighted by molar-refractivity contribution is -0.187. The minimum atomic E-state index is -4.89. The minimum Gasteiger partial charge on any atom is -0.493 e. The van der Waals surface area contributed by atoms with Crippen molar-refractivity contribution in [3.63, 3.8) is 0 Å². The molecule has 0 unspecified atom stereocenters. The van der Waals surface area contributed by atoms with Gasteiger partial charge < -0.3 is 14.4 Å². The average molecular weight is 461 g/mol. The van der Waals surface area contributed by atoms with Crippen LogP contribution >= 0.6 is 0 Å². The molecule has 10 heteroatoms. The van der Waals surface area contributed by atoms with Crippen molar-refractivity contribution in [1.82, 2.24) is 14.5 Å². The Bertz CT molecular complexity index is 1200. The van der Waals surface area contributed by atoms with E-state index in [1.54, 1.807) is 12.1 Å². The van der Waals surface area contributed by atoms with Crippen LogP contribution in [-0.2, 0) is 11.3 Å². The van der Waals surface area contributed by atoms with Crippen LogP contribution in [0.5, 0.6) is 11.5 Å². The fourth-order valence-corrected chi connectivity index (χ4v) is 3.85. The predicted molar refractivity (Wildman–Crippen MR) is 114 cm³/mol. The fraction of sp³-hybridized carbons (Fsp3) is 0.348. The van der Waals surface area contributed by atoms with Gasteiger partial charge in [-0.1, -0.05) is 30.3 Å². The SMILES string of the molecule is COc1cc2ncn(Cc3ccccc3)c(=O)c2cc1OC1CCN(C(=O)C(F)(F)F)CC1. The highest BCUT2D eigenvalue weighted by molar-refractivity contribution is 5.82. The molecule has 4 rings (SSSR count). The molecule has 1 aromatic heterocycles. The molecule has 0 aliphatic carbocycles. The van der Waals surface area contributed by atoms with Crippen LogP contribution in [0.2, 0.25) is 0 Å². The topological polar surface area (TPSA) is 73.7 Å². The molecule has 0 saturated carbocycles. The van der Waals surface area contributed by atoms with Crippen LogP contribution in [0.3, 0.4) is 0 Å².